The van der Waals surface area contributed by atoms with Crippen LogP contribution in [-0.4, -0.2) is 50.0 Å². The molecule has 1 fully saturated rings. The van der Waals surface area contributed by atoms with Crippen LogP contribution < -0.4 is 5.73 Å². The molecule has 1 saturated heterocycles. The molecule has 1 aromatic carbocycles. The Morgan fingerprint density at radius 3 is 2.55 bits per heavy atom. The number of alkyl halides is 3. The lowest BCUT2D eigenvalue weighted by atomic mass is 9.95. The van der Waals surface area contributed by atoms with Crippen molar-refractivity contribution in [3.8, 4) is 0 Å². The van der Waals surface area contributed by atoms with Gasteiger partial charge in [-0.1, -0.05) is 30.3 Å². The second-order valence-electron chi connectivity index (χ2n) is 5.11. The fraction of sp³-hybridized carbons (Fsp3) is 0.571. The third-order valence-electron chi connectivity index (χ3n) is 3.49. The zero-order chi connectivity index (χ0) is 14.6. The number of hydrogen-bond donors (Lipinski definition) is 1. The predicted octanol–water partition coefficient (Wildman–Crippen LogP) is 1.99. The van der Waals surface area contributed by atoms with Gasteiger partial charge in [0.05, 0.1) is 6.61 Å². The van der Waals surface area contributed by atoms with E-state index in [9.17, 15) is 13.2 Å². The molecule has 0 aromatic heterocycles. The Hall–Kier alpha value is -1.11. The van der Waals surface area contributed by atoms with Crippen LogP contribution in [0.5, 0.6) is 0 Å². The molecule has 0 bridgehead atoms. The first-order valence-corrected chi connectivity index (χ1v) is 6.63. The highest BCUT2D eigenvalue weighted by molar-refractivity contribution is 5.23. The number of halogens is 3. The summed E-state index contributed by atoms with van der Waals surface area (Å²) < 4.78 is 40.5. The molecular weight excluding hydrogens is 269 g/mol. The Kier molecular flexibility index (Phi) is 5.01. The second kappa shape index (κ2) is 6.56. The quantitative estimate of drug-likeness (QED) is 0.842. The van der Waals surface area contributed by atoms with E-state index in [0.29, 0.717) is 13.1 Å². The summed E-state index contributed by atoms with van der Waals surface area (Å²) in [6.45, 7) is 0.825. The fourth-order valence-corrected chi connectivity index (χ4v) is 2.53. The van der Waals surface area contributed by atoms with Gasteiger partial charge in [-0.15, -0.1) is 0 Å². The standard InChI is InChI=1S/C14H19F3N2O/c15-14(16,17)10-20-7-6-19-8-12(13(18)9-19)11-4-2-1-3-5-11/h1-5,12-13H,6-10,18H2/t12-,13+/m0/s1. The average molecular weight is 288 g/mol. The van der Waals surface area contributed by atoms with Crippen molar-refractivity contribution in [3.63, 3.8) is 0 Å². The van der Waals surface area contributed by atoms with Gasteiger partial charge < -0.3 is 10.5 Å². The SMILES string of the molecule is N[C@@H]1CN(CCOCC(F)(F)F)C[C@H]1c1ccccc1. The molecule has 1 aliphatic rings. The molecule has 6 heteroatoms. The zero-order valence-electron chi connectivity index (χ0n) is 11.1. The third-order valence-corrected chi connectivity index (χ3v) is 3.49. The number of rotatable bonds is 5. The summed E-state index contributed by atoms with van der Waals surface area (Å²) in [5.41, 5.74) is 7.29. The Labute approximate surface area is 116 Å². The number of ether oxygens (including phenoxy) is 1. The van der Waals surface area contributed by atoms with Crippen molar-refractivity contribution in [2.45, 2.75) is 18.1 Å². The summed E-state index contributed by atoms with van der Waals surface area (Å²) >= 11 is 0. The number of benzene rings is 1. The van der Waals surface area contributed by atoms with Gasteiger partial charge in [-0.25, -0.2) is 0 Å². The number of likely N-dealkylation sites (tertiary alicyclic amines) is 1. The molecule has 0 saturated carbocycles. The van der Waals surface area contributed by atoms with Gasteiger partial charge in [-0.05, 0) is 5.56 Å². The molecule has 20 heavy (non-hydrogen) atoms. The Balaban J connectivity index is 1.77. The van der Waals surface area contributed by atoms with Crippen molar-refractivity contribution < 1.29 is 17.9 Å². The summed E-state index contributed by atoms with van der Waals surface area (Å²) in [5, 5.41) is 0. The summed E-state index contributed by atoms with van der Waals surface area (Å²) in [6.07, 6.45) is -4.26. The highest BCUT2D eigenvalue weighted by Crippen LogP contribution is 2.26. The van der Waals surface area contributed by atoms with E-state index in [1.165, 1.54) is 5.56 Å². The molecule has 1 aliphatic heterocycles. The molecule has 0 radical (unpaired) electrons. The highest BCUT2D eigenvalue weighted by Gasteiger charge is 2.31. The molecule has 2 N–H and O–H groups in total. The fourth-order valence-electron chi connectivity index (χ4n) is 2.53. The van der Waals surface area contributed by atoms with Gasteiger partial charge in [0.15, 0.2) is 0 Å². The maximum Gasteiger partial charge on any atom is 0.411 e. The lowest BCUT2D eigenvalue weighted by molar-refractivity contribution is -0.174. The molecule has 3 nitrogen and oxygen atoms in total. The first-order valence-electron chi connectivity index (χ1n) is 6.63. The van der Waals surface area contributed by atoms with Crippen molar-refractivity contribution in [3.05, 3.63) is 35.9 Å². The van der Waals surface area contributed by atoms with E-state index in [-0.39, 0.29) is 18.6 Å². The number of hydrogen-bond acceptors (Lipinski definition) is 3. The first kappa shape index (κ1) is 15.3. The van der Waals surface area contributed by atoms with E-state index in [1.54, 1.807) is 0 Å². The van der Waals surface area contributed by atoms with E-state index < -0.39 is 12.8 Å². The molecular formula is C14H19F3N2O. The maximum absolute atomic E-state index is 11.9. The van der Waals surface area contributed by atoms with E-state index in [0.717, 1.165) is 6.54 Å². The van der Waals surface area contributed by atoms with Crippen molar-refractivity contribution in [2.75, 3.05) is 32.8 Å². The Morgan fingerprint density at radius 1 is 1.20 bits per heavy atom. The highest BCUT2D eigenvalue weighted by atomic mass is 19.4. The van der Waals surface area contributed by atoms with Crippen LogP contribution in [0.2, 0.25) is 0 Å². The minimum absolute atomic E-state index is 0.0139. The Morgan fingerprint density at radius 2 is 1.90 bits per heavy atom. The number of nitrogens with zero attached hydrogens (tertiary/aromatic N) is 1. The van der Waals surface area contributed by atoms with Gasteiger partial charge in [0, 0.05) is 31.6 Å². The van der Waals surface area contributed by atoms with Gasteiger partial charge in [-0.2, -0.15) is 13.2 Å². The molecule has 0 aliphatic carbocycles. The van der Waals surface area contributed by atoms with E-state index >= 15 is 0 Å². The summed E-state index contributed by atoms with van der Waals surface area (Å²) in [4.78, 5) is 2.05. The van der Waals surface area contributed by atoms with Crippen LogP contribution in [0.1, 0.15) is 11.5 Å². The van der Waals surface area contributed by atoms with Crippen LogP contribution in [0.15, 0.2) is 30.3 Å². The number of nitrogens with two attached hydrogens (primary N) is 1. The van der Waals surface area contributed by atoms with Crippen molar-refractivity contribution in [2.24, 2.45) is 5.73 Å². The summed E-state index contributed by atoms with van der Waals surface area (Å²) in [6, 6.07) is 9.98. The summed E-state index contributed by atoms with van der Waals surface area (Å²) in [7, 11) is 0. The van der Waals surface area contributed by atoms with E-state index in [1.807, 2.05) is 30.3 Å². The van der Waals surface area contributed by atoms with Crippen LogP contribution in [0.25, 0.3) is 0 Å². The van der Waals surface area contributed by atoms with Crippen LogP contribution in [0.3, 0.4) is 0 Å². The van der Waals surface area contributed by atoms with Gasteiger partial charge in [0.25, 0.3) is 0 Å². The van der Waals surface area contributed by atoms with Crippen LogP contribution >= 0.6 is 0 Å². The van der Waals surface area contributed by atoms with Gasteiger partial charge in [-0.3, -0.25) is 4.90 Å². The molecule has 1 aromatic rings. The van der Waals surface area contributed by atoms with Crippen molar-refractivity contribution in [1.82, 2.24) is 4.90 Å². The van der Waals surface area contributed by atoms with Crippen LogP contribution in [0.4, 0.5) is 13.2 Å². The predicted molar refractivity (Wildman–Crippen MR) is 70.5 cm³/mol. The molecule has 2 atom stereocenters. The topological polar surface area (TPSA) is 38.5 Å². The van der Waals surface area contributed by atoms with Crippen molar-refractivity contribution in [1.29, 1.82) is 0 Å². The van der Waals surface area contributed by atoms with Crippen molar-refractivity contribution >= 4 is 0 Å². The summed E-state index contributed by atoms with van der Waals surface area (Å²) in [5.74, 6) is 0.235. The molecule has 0 amide bonds. The molecule has 1 heterocycles. The smallest absolute Gasteiger partial charge is 0.371 e. The first-order chi connectivity index (χ1) is 9.46. The van der Waals surface area contributed by atoms with Gasteiger partial charge in [0.1, 0.15) is 6.61 Å². The molecule has 2 rings (SSSR count). The maximum atomic E-state index is 11.9. The monoisotopic (exact) mass is 288 g/mol. The largest absolute Gasteiger partial charge is 0.411 e. The second-order valence-corrected chi connectivity index (χ2v) is 5.11. The third kappa shape index (κ3) is 4.47. The molecule has 0 spiro atoms. The van der Waals surface area contributed by atoms with Gasteiger partial charge >= 0.3 is 6.18 Å². The normalized spacial score (nSPS) is 24.2. The molecule has 0 unspecified atom stereocenters. The lowest BCUT2D eigenvalue weighted by Crippen LogP contribution is -2.30. The Bertz CT molecular complexity index is 411. The van der Waals surface area contributed by atoms with E-state index in [2.05, 4.69) is 9.64 Å². The minimum atomic E-state index is -4.26. The van der Waals surface area contributed by atoms with Crippen LogP contribution in [0, 0.1) is 0 Å². The minimum Gasteiger partial charge on any atom is -0.371 e. The molecule has 112 valence electrons. The average Bonchev–Trinajstić information content (AvgIpc) is 2.76. The zero-order valence-corrected chi connectivity index (χ0v) is 11.1. The van der Waals surface area contributed by atoms with Gasteiger partial charge in [0.2, 0.25) is 0 Å². The van der Waals surface area contributed by atoms with E-state index in [4.69, 9.17) is 5.73 Å². The van der Waals surface area contributed by atoms with Crippen LogP contribution in [-0.2, 0) is 4.74 Å². The lowest BCUT2D eigenvalue weighted by Gasteiger charge is -2.16.